The zero-order valence-electron chi connectivity index (χ0n) is 18.4. The SMILES string of the molecule is CC(C)CN1CC[C@@H](N2CCN(c3cccc(C(F)(F)F)c3)CC2)[C@@H](CCC(=O)O)C1. The van der Waals surface area contributed by atoms with Crippen LogP contribution in [0.3, 0.4) is 0 Å². The lowest BCUT2D eigenvalue weighted by Crippen LogP contribution is -2.57. The predicted molar refractivity (Wildman–Crippen MR) is 115 cm³/mol. The van der Waals surface area contributed by atoms with Crippen molar-refractivity contribution in [1.82, 2.24) is 9.80 Å². The fourth-order valence-corrected chi connectivity index (χ4v) is 5.04. The van der Waals surface area contributed by atoms with Gasteiger partial charge in [0.2, 0.25) is 0 Å². The van der Waals surface area contributed by atoms with Crippen LogP contribution < -0.4 is 4.90 Å². The van der Waals surface area contributed by atoms with Crippen LogP contribution in [0.15, 0.2) is 24.3 Å². The molecule has 31 heavy (non-hydrogen) atoms. The predicted octanol–water partition coefficient (Wildman–Crippen LogP) is 4.04. The molecule has 0 spiro atoms. The summed E-state index contributed by atoms with van der Waals surface area (Å²) in [5, 5.41) is 9.18. The highest BCUT2D eigenvalue weighted by atomic mass is 19.4. The monoisotopic (exact) mass is 441 g/mol. The molecule has 0 aliphatic carbocycles. The van der Waals surface area contributed by atoms with Crippen LogP contribution in [0.4, 0.5) is 18.9 Å². The van der Waals surface area contributed by atoms with Gasteiger partial charge in [0.05, 0.1) is 5.56 Å². The van der Waals surface area contributed by atoms with Crippen molar-refractivity contribution in [2.24, 2.45) is 11.8 Å². The first-order chi connectivity index (χ1) is 14.6. The molecule has 8 heteroatoms. The van der Waals surface area contributed by atoms with Gasteiger partial charge in [-0.05, 0) is 49.4 Å². The topological polar surface area (TPSA) is 47.0 Å². The van der Waals surface area contributed by atoms with Gasteiger partial charge in [-0.15, -0.1) is 0 Å². The second-order valence-corrected chi connectivity index (χ2v) is 9.27. The van der Waals surface area contributed by atoms with E-state index in [-0.39, 0.29) is 6.42 Å². The molecule has 0 amide bonds. The maximum absolute atomic E-state index is 13.1. The lowest BCUT2D eigenvalue weighted by atomic mass is 9.86. The van der Waals surface area contributed by atoms with Crippen LogP contribution in [0.1, 0.15) is 38.7 Å². The summed E-state index contributed by atoms with van der Waals surface area (Å²) in [6, 6.07) is 5.89. The number of carboxylic acids is 1. The van der Waals surface area contributed by atoms with Crippen LogP contribution in [-0.2, 0) is 11.0 Å². The van der Waals surface area contributed by atoms with Gasteiger partial charge < -0.3 is 14.9 Å². The van der Waals surface area contributed by atoms with Gasteiger partial charge in [-0.3, -0.25) is 9.69 Å². The van der Waals surface area contributed by atoms with Gasteiger partial charge in [0.1, 0.15) is 0 Å². The molecule has 2 aliphatic rings. The number of carbonyl (C=O) groups is 1. The van der Waals surface area contributed by atoms with Gasteiger partial charge in [-0.25, -0.2) is 0 Å². The molecule has 5 nitrogen and oxygen atoms in total. The number of alkyl halides is 3. The Labute approximate surface area is 182 Å². The number of piperazine rings is 1. The Balaban J connectivity index is 1.62. The standard InChI is InChI=1S/C23H34F3N3O2/c1-17(2)15-27-9-8-21(18(16-27)6-7-22(30)31)29-12-10-28(11-13-29)20-5-3-4-19(14-20)23(24,25)26/h3-5,14,17-18,21H,6-13,15-16H2,1-2H3,(H,30,31)/t18-,21+/m0/s1. The third-order valence-corrected chi connectivity index (χ3v) is 6.45. The van der Waals surface area contributed by atoms with Gasteiger partial charge >= 0.3 is 12.1 Å². The first-order valence-corrected chi connectivity index (χ1v) is 11.2. The third-order valence-electron chi connectivity index (χ3n) is 6.45. The highest BCUT2D eigenvalue weighted by molar-refractivity contribution is 5.66. The molecule has 2 atom stereocenters. The van der Waals surface area contributed by atoms with Gasteiger partial charge in [0, 0.05) is 57.4 Å². The lowest BCUT2D eigenvalue weighted by molar-refractivity contribution is -0.138. The Hall–Kier alpha value is -1.80. The number of hydrogen-bond donors (Lipinski definition) is 1. The summed E-state index contributed by atoms with van der Waals surface area (Å²) in [4.78, 5) is 18.1. The minimum Gasteiger partial charge on any atom is -0.481 e. The van der Waals surface area contributed by atoms with E-state index in [9.17, 15) is 23.1 Å². The van der Waals surface area contributed by atoms with E-state index in [4.69, 9.17) is 0 Å². The number of rotatable bonds is 7. The molecule has 2 heterocycles. The highest BCUT2D eigenvalue weighted by Crippen LogP contribution is 2.33. The molecule has 3 rings (SSSR count). The summed E-state index contributed by atoms with van der Waals surface area (Å²) >= 11 is 0. The maximum atomic E-state index is 13.1. The number of hydrogen-bond acceptors (Lipinski definition) is 4. The van der Waals surface area contributed by atoms with Crippen molar-refractivity contribution in [1.29, 1.82) is 0 Å². The molecule has 1 N–H and O–H groups in total. The molecule has 0 radical (unpaired) electrons. The van der Waals surface area contributed by atoms with E-state index >= 15 is 0 Å². The molecule has 1 aromatic carbocycles. The molecule has 0 bridgehead atoms. The van der Waals surface area contributed by atoms with E-state index in [1.54, 1.807) is 6.07 Å². The van der Waals surface area contributed by atoms with E-state index in [0.717, 1.165) is 45.2 Å². The van der Waals surface area contributed by atoms with E-state index in [0.29, 0.717) is 43.1 Å². The lowest BCUT2D eigenvalue weighted by Gasteiger charge is -2.47. The van der Waals surface area contributed by atoms with Gasteiger partial charge in [0.25, 0.3) is 0 Å². The Morgan fingerprint density at radius 3 is 2.48 bits per heavy atom. The van der Waals surface area contributed by atoms with E-state index in [2.05, 4.69) is 23.6 Å². The first-order valence-electron chi connectivity index (χ1n) is 11.2. The van der Waals surface area contributed by atoms with Gasteiger partial charge in [0.15, 0.2) is 0 Å². The Morgan fingerprint density at radius 1 is 1.16 bits per heavy atom. The molecule has 2 aliphatic heterocycles. The smallest absolute Gasteiger partial charge is 0.416 e. The summed E-state index contributed by atoms with van der Waals surface area (Å²) in [5.74, 6) is 0.130. The molecule has 1 aromatic rings. The molecular formula is C23H34F3N3O2. The van der Waals surface area contributed by atoms with Crippen LogP contribution in [0.2, 0.25) is 0 Å². The second-order valence-electron chi connectivity index (χ2n) is 9.27. The Bertz CT molecular complexity index is 733. The summed E-state index contributed by atoms with van der Waals surface area (Å²) < 4.78 is 39.2. The summed E-state index contributed by atoms with van der Waals surface area (Å²) in [6.45, 7) is 10.3. The van der Waals surface area contributed by atoms with Crippen LogP contribution >= 0.6 is 0 Å². The van der Waals surface area contributed by atoms with Gasteiger partial charge in [-0.2, -0.15) is 13.2 Å². The molecule has 0 aromatic heterocycles. The molecule has 2 saturated heterocycles. The van der Waals surface area contributed by atoms with E-state index in [1.165, 1.54) is 12.1 Å². The van der Waals surface area contributed by atoms with Crippen molar-refractivity contribution < 1.29 is 23.1 Å². The summed E-state index contributed by atoms with van der Waals surface area (Å²) in [7, 11) is 0. The Kier molecular flexibility index (Phi) is 7.86. The number of aliphatic carboxylic acids is 1. The summed E-state index contributed by atoms with van der Waals surface area (Å²) in [5.41, 5.74) is 0.00217. The van der Waals surface area contributed by atoms with Crippen molar-refractivity contribution in [3.63, 3.8) is 0 Å². The average Bonchev–Trinajstić information content (AvgIpc) is 2.71. The van der Waals surface area contributed by atoms with Gasteiger partial charge in [-0.1, -0.05) is 19.9 Å². The zero-order valence-corrected chi connectivity index (χ0v) is 18.4. The quantitative estimate of drug-likeness (QED) is 0.692. The fraction of sp³-hybridized carbons (Fsp3) is 0.696. The summed E-state index contributed by atoms with van der Waals surface area (Å²) in [6.07, 6.45) is -2.47. The minimum atomic E-state index is -4.33. The minimum absolute atomic E-state index is 0.181. The van der Waals surface area contributed by atoms with E-state index in [1.807, 2.05) is 4.90 Å². The third kappa shape index (κ3) is 6.59. The highest BCUT2D eigenvalue weighted by Gasteiger charge is 2.35. The number of halogens is 3. The largest absolute Gasteiger partial charge is 0.481 e. The number of benzene rings is 1. The Morgan fingerprint density at radius 2 is 1.87 bits per heavy atom. The maximum Gasteiger partial charge on any atom is 0.416 e. The normalized spacial score (nSPS) is 24.0. The molecular weight excluding hydrogens is 407 g/mol. The average molecular weight is 442 g/mol. The number of piperidine rings is 1. The van der Waals surface area contributed by atoms with Crippen molar-refractivity contribution in [2.45, 2.75) is 45.3 Å². The second kappa shape index (κ2) is 10.2. The first kappa shape index (κ1) is 23.9. The van der Waals surface area contributed by atoms with Crippen LogP contribution in [-0.4, -0.2) is 72.7 Å². The molecule has 0 unspecified atom stereocenters. The van der Waals surface area contributed by atoms with Crippen molar-refractivity contribution >= 4 is 11.7 Å². The van der Waals surface area contributed by atoms with Crippen molar-refractivity contribution in [3.8, 4) is 0 Å². The number of likely N-dealkylation sites (tertiary alicyclic amines) is 1. The fourth-order valence-electron chi connectivity index (χ4n) is 5.04. The van der Waals surface area contributed by atoms with Crippen LogP contribution in [0.5, 0.6) is 0 Å². The number of anilines is 1. The van der Waals surface area contributed by atoms with E-state index < -0.39 is 17.7 Å². The van der Waals surface area contributed by atoms with Crippen molar-refractivity contribution in [3.05, 3.63) is 29.8 Å². The van der Waals surface area contributed by atoms with Crippen LogP contribution in [0.25, 0.3) is 0 Å². The molecule has 2 fully saturated rings. The number of carboxylic acid groups (broad SMARTS) is 1. The van der Waals surface area contributed by atoms with Crippen LogP contribution in [0, 0.1) is 11.8 Å². The molecule has 174 valence electrons. The van der Waals surface area contributed by atoms with Crippen molar-refractivity contribution in [2.75, 3.05) is 50.7 Å². The molecule has 0 saturated carbocycles. The number of nitrogens with zero attached hydrogens (tertiary/aromatic N) is 3. The zero-order chi connectivity index (χ0) is 22.6.